The van der Waals surface area contributed by atoms with Crippen LogP contribution in [-0.2, 0) is 4.79 Å². The number of carbonyl (C=O) groups excluding carboxylic acids is 1. The lowest BCUT2D eigenvalue weighted by molar-refractivity contribution is -0.385. The zero-order chi connectivity index (χ0) is 17.0. The van der Waals surface area contributed by atoms with Crippen LogP contribution in [0.15, 0.2) is 36.4 Å². The molecule has 0 fully saturated rings. The van der Waals surface area contributed by atoms with Gasteiger partial charge in [0.05, 0.1) is 26.2 Å². The van der Waals surface area contributed by atoms with Crippen molar-refractivity contribution in [3.63, 3.8) is 0 Å². The molecule has 0 aliphatic rings. The summed E-state index contributed by atoms with van der Waals surface area (Å²) in [5.74, 6) is -0.0509. The SMILES string of the molecule is Cc1c(NC(=O)COc2ccc(Cl)c(Cl)c2)cccc1[N+](=O)[O-]. The minimum Gasteiger partial charge on any atom is -0.484 e. The highest BCUT2D eigenvalue weighted by atomic mass is 35.5. The summed E-state index contributed by atoms with van der Waals surface area (Å²) in [6, 6.07) is 9.09. The van der Waals surface area contributed by atoms with Crippen molar-refractivity contribution < 1.29 is 14.5 Å². The number of carbonyl (C=O) groups is 1. The van der Waals surface area contributed by atoms with E-state index in [1.807, 2.05) is 0 Å². The molecule has 0 radical (unpaired) electrons. The number of ether oxygens (including phenoxy) is 1. The quantitative estimate of drug-likeness (QED) is 0.643. The van der Waals surface area contributed by atoms with Crippen LogP contribution in [-0.4, -0.2) is 17.4 Å². The first-order chi connectivity index (χ1) is 10.9. The van der Waals surface area contributed by atoms with Gasteiger partial charge < -0.3 is 10.1 Å². The average molecular weight is 355 g/mol. The number of anilines is 1. The Kier molecular flexibility index (Phi) is 5.41. The van der Waals surface area contributed by atoms with Gasteiger partial charge in [0, 0.05) is 12.1 Å². The molecule has 0 heterocycles. The van der Waals surface area contributed by atoms with Gasteiger partial charge in [-0.05, 0) is 25.1 Å². The second-order valence-electron chi connectivity index (χ2n) is 4.62. The second-order valence-corrected chi connectivity index (χ2v) is 5.43. The van der Waals surface area contributed by atoms with E-state index in [0.717, 1.165) is 0 Å². The lowest BCUT2D eigenvalue weighted by Crippen LogP contribution is -2.20. The van der Waals surface area contributed by atoms with E-state index in [1.54, 1.807) is 25.1 Å². The van der Waals surface area contributed by atoms with E-state index in [-0.39, 0.29) is 12.3 Å². The van der Waals surface area contributed by atoms with Crippen molar-refractivity contribution in [3.8, 4) is 5.75 Å². The Hall–Kier alpha value is -2.31. The van der Waals surface area contributed by atoms with Gasteiger partial charge in [0.25, 0.3) is 11.6 Å². The molecule has 0 aliphatic heterocycles. The van der Waals surface area contributed by atoms with Crippen molar-refractivity contribution in [3.05, 3.63) is 62.1 Å². The molecule has 2 rings (SSSR count). The Morgan fingerprint density at radius 3 is 2.65 bits per heavy atom. The molecule has 0 aromatic heterocycles. The predicted molar refractivity (Wildman–Crippen MR) is 88.4 cm³/mol. The van der Waals surface area contributed by atoms with E-state index in [9.17, 15) is 14.9 Å². The highest BCUT2D eigenvalue weighted by Gasteiger charge is 2.15. The van der Waals surface area contributed by atoms with Crippen molar-refractivity contribution in [2.24, 2.45) is 0 Å². The smallest absolute Gasteiger partial charge is 0.274 e. The van der Waals surface area contributed by atoms with E-state index in [1.165, 1.54) is 18.2 Å². The molecule has 120 valence electrons. The Morgan fingerprint density at radius 1 is 1.26 bits per heavy atom. The van der Waals surface area contributed by atoms with Crippen molar-refractivity contribution >= 4 is 40.5 Å². The van der Waals surface area contributed by atoms with Crippen LogP contribution in [0, 0.1) is 17.0 Å². The Morgan fingerprint density at radius 2 is 2.00 bits per heavy atom. The van der Waals surface area contributed by atoms with Gasteiger partial charge in [0.2, 0.25) is 0 Å². The Balaban J connectivity index is 2.01. The number of hydrogen-bond acceptors (Lipinski definition) is 4. The topological polar surface area (TPSA) is 81.5 Å². The fourth-order valence-corrected chi connectivity index (χ4v) is 2.15. The van der Waals surface area contributed by atoms with E-state index >= 15 is 0 Å². The molecular formula is C15H12Cl2N2O4. The number of hydrogen-bond donors (Lipinski definition) is 1. The highest BCUT2D eigenvalue weighted by Crippen LogP contribution is 2.27. The number of amides is 1. The van der Waals surface area contributed by atoms with Gasteiger partial charge in [-0.15, -0.1) is 0 Å². The van der Waals surface area contributed by atoms with E-state index in [2.05, 4.69) is 5.32 Å². The van der Waals surface area contributed by atoms with Crippen LogP contribution in [0.5, 0.6) is 5.75 Å². The summed E-state index contributed by atoms with van der Waals surface area (Å²) in [7, 11) is 0. The Bertz CT molecular complexity index is 765. The maximum absolute atomic E-state index is 11.9. The molecule has 0 saturated heterocycles. The maximum atomic E-state index is 11.9. The molecule has 0 unspecified atom stereocenters. The molecule has 0 atom stereocenters. The molecular weight excluding hydrogens is 343 g/mol. The number of nitrogens with one attached hydrogen (secondary N) is 1. The summed E-state index contributed by atoms with van der Waals surface area (Å²) >= 11 is 11.6. The number of benzene rings is 2. The molecule has 23 heavy (non-hydrogen) atoms. The molecule has 2 aromatic rings. The van der Waals surface area contributed by atoms with Crippen molar-refractivity contribution in [2.45, 2.75) is 6.92 Å². The van der Waals surface area contributed by atoms with E-state index < -0.39 is 10.8 Å². The molecule has 1 amide bonds. The first-order valence-corrected chi connectivity index (χ1v) is 7.26. The highest BCUT2D eigenvalue weighted by molar-refractivity contribution is 6.42. The monoisotopic (exact) mass is 354 g/mol. The van der Waals surface area contributed by atoms with Crippen LogP contribution in [0.4, 0.5) is 11.4 Å². The van der Waals surface area contributed by atoms with Crippen LogP contribution in [0.3, 0.4) is 0 Å². The molecule has 0 bridgehead atoms. The molecule has 6 nitrogen and oxygen atoms in total. The van der Waals surface area contributed by atoms with Gasteiger partial charge in [0.15, 0.2) is 6.61 Å². The van der Waals surface area contributed by atoms with Crippen molar-refractivity contribution in [1.82, 2.24) is 0 Å². The van der Waals surface area contributed by atoms with Crippen LogP contribution in [0.2, 0.25) is 10.0 Å². The molecule has 0 saturated carbocycles. The summed E-state index contributed by atoms with van der Waals surface area (Å²) in [4.78, 5) is 22.3. The zero-order valence-corrected chi connectivity index (χ0v) is 13.5. The summed E-state index contributed by atoms with van der Waals surface area (Å²) in [6.07, 6.45) is 0. The molecule has 0 aliphatic carbocycles. The van der Waals surface area contributed by atoms with E-state index in [0.29, 0.717) is 27.0 Å². The molecule has 2 aromatic carbocycles. The van der Waals surface area contributed by atoms with Crippen LogP contribution in [0.25, 0.3) is 0 Å². The largest absolute Gasteiger partial charge is 0.484 e. The second kappa shape index (κ2) is 7.30. The number of rotatable bonds is 5. The lowest BCUT2D eigenvalue weighted by Gasteiger charge is -2.10. The maximum Gasteiger partial charge on any atom is 0.274 e. The minimum atomic E-state index is -0.503. The van der Waals surface area contributed by atoms with Gasteiger partial charge in [-0.2, -0.15) is 0 Å². The van der Waals surface area contributed by atoms with E-state index in [4.69, 9.17) is 27.9 Å². The summed E-state index contributed by atoms with van der Waals surface area (Å²) in [6.45, 7) is 1.30. The normalized spacial score (nSPS) is 10.2. The summed E-state index contributed by atoms with van der Waals surface area (Å²) < 4.78 is 5.30. The average Bonchev–Trinajstić information content (AvgIpc) is 2.50. The standard InChI is InChI=1S/C15H12Cl2N2O4/c1-9-13(3-2-4-14(9)19(21)22)18-15(20)8-23-10-5-6-11(16)12(17)7-10/h2-7H,8H2,1H3,(H,18,20). The van der Waals surface area contributed by atoms with Crippen molar-refractivity contribution in [1.29, 1.82) is 0 Å². The first kappa shape index (κ1) is 17.1. The van der Waals surface area contributed by atoms with Crippen molar-refractivity contribution in [2.75, 3.05) is 11.9 Å². The summed E-state index contributed by atoms with van der Waals surface area (Å²) in [5.41, 5.74) is 0.676. The minimum absolute atomic E-state index is 0.0619. The third-order valence-electron chi connectivity index (χ3n) is 3.04. The number of halogens is 2. The zero-order valence-electron chi connectivity index (χ0n) is 12.0. The fourth-order valence-electron chi connectivity index (χ4n) is 1.86. The lowest BCUT2D eigenvalue weighted by atomic mass is 10.1. The molecule has 8 heteroatoms. The molecule has 0 spiro atoms. The third kappa shape index (κ3) is 4.34. The van der Waals surface area contributed by atoms with Crippen LogP contribution < -0.4 is 10.1 Å². The Labute approximate surface area is 142 Å². The number of nitro groups is 1. The number of nitro benzene ring substituents is 1. The summed E-state index contributed by atoms with van der Waals surface area (Å²) in [5, 5.41) is 14.2. The first-order valence-electron chi connectivity index (χ1n) is 6.50. The molecule has 1 N–H and O–H groups in total. The third-order valence-corrected chi connectivity index (χ3v) is 3.78. The number of nitrogens with zero attached hydrogens (tertiary/aromatic N) is 1. The fraction of sp³-hybridized carbons (Fsp3) is 0.133. The predicted octanol–water partition coefficient (Wildman–Crippen LogP) is 4.23. The van der Waals surface area contributed by atoms with Gasteiger partial charge in [0.1, 0.15) is 5.75 Å². The van der Waals surface area contributed by atoms with Gasteiger partial charge in [-0.1, -0.05) is 29.3 Å². The van der Waals surface area contributed by atoms with Gasteiger partial charge in [-0.3, -0.25) is 14.9 Å². The van der Waals surface area contributed by atoms with Crippen LogP contribution in [0.1, 0.15) is 5.56 Å². The van der Waals surface area contributed by atoms with Gasteiger partial charge >= 0.3 is 0 Å². The van der Waals surface area contributed by atoms with Gasteiger partial charge in [-0.25, -0.2) is 0 Å². The van der Waals surface area contributed by atoms with Crippen LogP contribution >= 0.6 is 23.2 Å².